The largest absolute Gasteiger partial charge is 0.357 e. The SMILES string of the molecule is CCNC(=NCC1CCN(C)C1)N(C)Cc1csc(C)n1.I. The van der Waals surface area contributed by atoms with Crippen molar-refractivity contribution >= 4 is 41.3 Å². The normalized spacial score (nSPS) is 19.1. The lowest BCUT2D eigenvalue weighted by atomic mass is 10.1. The molecular formula is C15H28IN5S. The molecule has 1 aliphatic heterocycles. The van der Waals surface area contributed by atoms with E-state index >= 15 is 0 Å². The summed E-state index contributed by atoms with van der Waals surface area (Å²) in [6.45, 7) is 9.13. The lowest BCUT2D eigenvalue weighted by Crippen LogP contribution is -2.39. The van der Waals surface area contributed by atoms with Crippen LogP contribution in [0.15, 0.2) is 10.4 Å². The van der Waals surface area contributed by atoms with Crippen molar-refractivity contribution < 1.29 is 0 Å². The van der Waals surface area contributed by atoms with E-state index in [4.69, 9.17) is 4.99 Å². The van der Waals surface area contributed by atoms with Crippen LogP contribution in [0.25, 0.3) is 0 Å². The van der Waals surface area contributed by atoms with Crippen molar-refractivity contribution in [2.24, 2.45) is 10.9 Å². The van der Waals surface area contributed by atoms with Gasteiger partial charge in [-0.05, 0) is 39.8 Å². The highest BCUT2D eigenvalue weighted by atomic mass is 127. The molecule has 1 aromatic heterocycles. The molecule has 1 fully saturated rings. The number of halogens is 1. The van der Waals surface area contributed by atoms with E-state index in [2.05, 4.69) is 46.5 Å². The summed E-state index contributed by atoms with van der Waals surface area (Å²) in [4.78, 5) is 13.9. The van der Waals surface area contributed by atoms with Gasteiger partial charge in [-0.2, -0.15) is 0 Å². The van der Waals surface area contributed by atoms with Gasteiger partial charge in [-0.25, -0.2) is 4.98 Å². The molecule has 7 heteroatoms. The average Bonchev–Trinajstić information content (AvgIpc) is 3.03. The highest BCUT2D eigenvalue weighted by Crippen LogP contribution is 2.15. The molecule has 0 aliphatic carbocycles. The quantitative estimate of drug-likeness (QED) is 0.437. The van der Waals surface area contributed by atoms with Gasteiger partial charge in [0.1, 0.15) is 0 Å². The van der Waals surface area contributed by atoms with Crippen LogP contribution in [0.4, 0.5) is 0 Å². The third kappa shape index (κ3) is 6.00. The number of guanidine groups is 1. The van der Waals surface area contributed by atoms with Crippen LogP contribution in [0.3, 0.4) is 0 Å². The van der Waals surface area contributed by atoms with Crippen LogP contribution in [0.1, 0.15) is 24.0 Å². The average molecular weight is 437 g/mol. The standard InChI is InChI=1S/C15H27N5S.HI/c1-5-16-15(17-8-13-6-7-19(3)9-13)20(4)10-14-11-21-12(2)18-14;/h11,13H,5-10H2,1-4H3,(H,16,17);1H. The van der Waals surface area contributed by atoms with Crippen LogP contribution >= 0.6 is 35.3 Å². The summed E-state index contributed by atoms with van der Waals surface area (Å²) >= 11 is 1.70. The van der Waals surface area contributed by atoms with Gasteiger partial charge in [0.15, 0.2) is 5.96 Å². The second-order valence-electron chi connectivity index (χ2n) is 5.83. The molecule has 1 N–H and O–H groups in total. The molecule has 0 bridgehead atoms. The van der Waals surface area contributed by atoms with E-state index in [0.29, 0.717) is 5.92 Å². The van der Waals surface area contributed by atoms with Crippen molar-refractivity contribution in [3.8, 4) is 0 Å². The number of hydrogen-bond acceptors (Lipinski definition) is 4. The first-order valence-electron chi connectivity index (χ1n) is 7.67. The van der Waals surface area contributed by atoms with Crippen LogP contribution in [-0.2, 0) is 6.54 Å². The number of thiazole rings is 1. The van der Waals surface area contributed by atoms with Crippen molar-refractivity contribution in [1.29, 1.82) is 0 Å². The van der Waals surface area contributed by atoms with E-state index in [1.165, 1.54) is 13.0 Å². The predicted molar refractivity (Wildman–Crippen MR) is 105 cm³/mol. The van der Waals surface area contributed by atoms with Crippen molar-refractivity contribution in [1.82, 2.24) is 20.1 Å². The summed E-state index contributed by atoms with van der Waals surface area (Å²) in [5, 5.41) is 6.63. The lowest BCUT2D eigenvalue weighted by Gasteiger charge is -2.21. The smallest absolute Gasteiger partial charge is 0.194 e. The minimum atomic E-state index is 0. The Balaban J connectivity index is 0.00000242. The van der Waals surface area contributed by atoms with E-state index in [1.807, 2.05) is 6.92 Å². The van der Waals surface area contributed by atoms with Crippen LogP contribution in [0.2, 0.25) is 0 Å². The number of aromatic nitrogens is 1. The molecule has 0 spiro atoms. The zero-order valence-corrected chi connectivity index (χ0v) is 17.1. The number of aryl methyl sites for hydroxylation is 1. The molecule has 0 radical (unpaired) electrons. The zero-order chi connectivity index (χ0) is 15.2. The van der Waals surface area contributed by atoms with E-state index < -0.39 is 0 Å². The number of rotatable bonds is 5. The maximum absolute atomic E-state index is 4.81. The van der Waals surface area contributed by atoms with Crippen LogP contribution < -0.4 is 5.32 Å². The summed E-state index contributed by atoms with van der Waals surface area (Å²) in [7, 11) is 4.27. The summed E-state index contributed by atoms with van der Waals surface area (Å²) in [6.07, 6.45) is 1.26. The molecule has 1 unspecified atom stereocenters. The highest BCUT2D eigenvalue weighted by Gasteiger charge is 2.19. The molecule has 5 nitrogen and oxygen atoms in total. The maximum atomic E-state index is 4.81. The summed E-state index contributed by atoms with van der Waals surface area (Å²) in [5.74, 6) is 1.68. The van der Waals surface area contributed by atoms with Gasteiger partial charge in [-0.1, -0.05) is 0 Å². The van der Waals surface area contributed by atoms with E-state index in [9.17, 15) is 0 Å². The molecule has 126 valence electrons. The summed E-state index contributed by atoms with van der Waals surface area (Å²) in [5.41, 5.74) is 1.12. The third-order valence-electron chi connectivity index (χ3n) is 3.75. The van der Waals surface area contributed by atoms with Crippen molar-refractivity contribution in [2.75, 3.05) is 40.3 Å². The zero-order valence-electron chi connectivity index (χ0n) is 14.0. The molecule has 1 aliphatic rings. The number of likely N-dealkylation sites (tertiary alicyclic amines) is 1. The van der Waals surface area contributed by atoms with E-state index in [0.717, 1.165) is 42.8 Å². The van der Waals surface area contributed by atoms with E-state index in [-0.39, 0.29) is 24.0 Å². The molecule has 22 heavy (non-hydrogen) atoms. The minimum Gasteiger partial charge on any atom is -0.357 e. The summed E-state index contributed by atoms with van der Waals surface area (Å²) in [6, 6.07) is 0. The van der Waals surface area contributed by atoms with Gasteiger partial charge in [-0.15, -0.1) is 35.3 Å². The van der Waals surface area contributed by atoms with E-state index in [1.54, 1.807) is 11.3 Å². The first-order valence-corrected chi connectivity index (χ1v) is 8.55. The van der Waals surface area contributed by atoms with Crippen molar-refractivity contribution in [2.45, 2.75) is 26.8 Å². The molecule has 0 saturated carbocycles. The van der Waals surface area contributed by atoms with Gasteiger partial charge in [0.05, 0.1) is 17.2 Å². The van der Waals surface area contributed by atoms with Gasteiger partial charge >= 0.3 is 0 Å². The molecular weight excluding hydrogens is 409 g/mol. The topological polar surface area (TPSA) is 43.8 Å². The number of aliphatic imine (C=N–C) groups is 1. The Kier molecular flexibility index (Phi) is 8.63. The molecule has 0 aromatic carbocycles. The van der Waals surface area contributed by atoms with Crippen molar-refractivity contribution in [3.05, 3.63) is 16.1 Å². The number of nitrogens with one attached hydrogen (secondary N) is 1. The highest BCUT2D eigenvalue weighted by molar-refractivity contribution is 14.0. The Labute approximate surface area is 155 Å². The van der Waals surface area contributed by atoms with Crippen molar-refractivity contribution in [3.63, 3.8) is 0 Å². The fourth-order valence-corrected chi connectivity index (χ4v) is 3.26. The monoisotopic (exact) mass is 437 g/mol. The van der Waals surface area contributed by atoms with Crippen LogP contribution in [0, 0.1) is 12.8 Å². The second-order valence-corrected chi connectivity index (χ2v) is 6.89. The predicted octanol–water partition coefficient (Wildman–Crippen LogP) is 2.42. The van der Waals surface area contributed by atoms with Gasteiger partial charge in [0.25, 0.3) is 0 Å². The van der Waals surface area contributed by atoms with Gasteiger partial charge in [0.2, 0.25) is 0 Å². The van der Waals surface area contributed by atoms with Crippen LogP contribution in [-0.4, -0.2) is 61.0 Å². The Morgan fingerprint density at radius 1 is 1.59 bits per heavy atom. The Hall–Kier alpha value is -0.410. The fourth-order valence-electron chi connectivity index (χ4n) is 2.66. The Morgan fingerprint density at radius 3 is 2.91 bits per heavy atom. The minimum absolute atomic E-state index is 0. The summed E-state index contributed by atoms with van der Waals surface area (Å²) < 4.78 is 0. The lowest BCUT2D eigenvalue weighted by molar-refractivity contribution is 0.396. The van der Waals surface area contributed by atoms with Gasteiger partial charge in [-0.3, -0.25) is 4.99 Å². The fraction of sp³-hybridized carbons (Fsp3) is 0.733. The molecule has 0 amide bonds. The Bertz CT molecular complexity index is 476. The van der Waals surface area contributed by atoms with Gasteiger partial charge in [0, 0.05) is 32.1 Å². The number of hydrogen-bond donors (Lipinski definition) is 1. The molecule has 1 atom stereocenters. The maximum Gasteiger partial charge on any atom is 0.194 e. The molecule has 2 rings (SSSR count). The molecule has 2 heterocycles. The first-order chi connectivity index (χ1) is 10.1. The number of nitrogens with zero attached hydrogens (tertiary/aromatic N) is 4. The first kappa shape index (κ1) is 19.6. The van der Waals surface area contributed by atoms with Gasteiger partial charge < -0.3 is 15.1 Å². The second kappa shape index (κ2) is 9.67. The molecule has 1 aromatic rings. The molecule has 1 saturated heterocycles. The van der Waals surface area contributed by atoms with Crippen LogP contribution in [0.5, 0.6) is 0 Å². The third-order valence-corrected chi connectivity index (χ3v) is 4.57. The Morgan fingerprint density at radius 2 is 2.36 bits per heavy atom.